The van der Waals surface area contributed by atoms with Crippen LogP contribution in [0.15, 0.2) is 53.9 Å². The zero-order valence-electron chi connectivity index (χ0n) is 15.8. The number of nitrogens with one attached hydrogen (secondary N) is 1. The fourth-order valence-electron chi connectivity index (χ4n) is 2.40. The van der Waals surface area contributed by atoms with Gasteiger partial charge >= 0.3 is 0 Å². The number of carbonyl (C=O) groups is 1. The Hall–Kier alpha value is -3.06. The summed E-state index contributed by atoms with van der Waals surface area (Å²) in [7, 11) is 1.58. The molecule has 1 heterocycles. The molecule has 6 nitrogen and oxygen atoms in total. The Kier molecular flexibility index (Phi) is 6.86. The highest BCUT2D eigenvalue weighted by atomic mass is 32.1. The van der Waals surface area contributed by atoms with Crippen molar-refractivity contribution in [1.29, 1.82) is 0 Å². The number of anilines is 1. The van der Waals surface area contributed by atoms with Crippen LogP contribution in [0.3, 0.4) is 0 Å². The third-order valence-corrected chi connectivity index (χ3v) is 4.54. The average molecular weight is 398 g/mol. The second kappa shape index (κ2) is 9.75. The Labute approximate surface area is 168 Å². The van der Waals surface area contributed by atoms with Gasteiger partial charge in [-0.15, -0.1) is 11.3 Å². The van der Waals surface area contributed by atoms with Crippen LogP contribution in [0.4, 0.5) is 5.13 Å². The fourth-order valence-corrected chi connectivity index (χ4v) is 3.14. The van der Waals surface area contributed by atoms with Crippen LogP contribution in [0, 0.1) is 0 Å². The standard InChI is InChI=1S/C21H22N2O4S/c1-3-11-26-16-9-7-15(8-10-16)19-14-28-21(22-19)23-20(24)13-27-18-6-4-5-17(12-18)25-2/h4-10,12,14H,3,11,13H2,1-2H3,(H,22,23,24). The lowest BCUT2D eigenvalue weighted by molar-refractivity contribution is -0.118. The predicted octanol–water partition coefficient (Wildman–Crippen LogP) is 4.63. The van der Waals surface area contributed by atoms with E-state index in [1.165, 1.54) is 11.3 Å². The number of methoxy groups -OCH3 is 1. The summed E-state index contributed by atoms with van der Waals surface area (Å²) in [6.45, 7) is 2.66. The minimum Gasteiger partial charge on any atom is -0.497 e. The molecule has 0 bridgehead atoms. The van der Waals surface area contributed by atoms with Crippen molar-refractivity contribution in [3.8, 4) is 28.5 Å². The third kappa shape index (κ3) is 5.47. The lowest BCUT2D eigenvalue weighted by Gasteiger charge is -2.07. The molecule has 0 radical (unpaired) electrons. The number of amides is 1. The molecule has 3 rings (SSSR count). The fraction of sp³-hybridized carbons (Fsp3) is 0.238. The first-order chi connectivity index (χ1) is 13.7. The van der Waals surface area contributed by atoms with Crippen molar-refractivity contribution in [3.05, 3.63) is 53.9 Å². The molecule has 0 fully saturated rings. The topological polar surface area (TPSA) is 69.7 Å². The molecule has 0 aliphatic heterocycles. The van der Waals surface area contributed by atoms with Gasteiger partial charge in [-0.3, -0.25) is 10.1 Å². The van der Waals surface area contributed by atoms with Crippen molar-refractivity contribution in [3.63, 3.8) is 0 Å². The number of nitrogens with zero attached hydrogens (tertiary/aromatic N) is 1. The van der Waals surface area contributed by atoms with Crippen LogP contribution in [-0.4, -0.2) is 31.2 Å². The first kappa shape index (κ1) is 19.7. The van der Waals surface area contributed by atoms with E-state index in [2.05, 4.69) is 17.2 Å². The maximum atomic E-state index is 12.1. The van der Waals surface area contributed by atoms with Crippen LogP contribution in [0.1, 0.15) is 13.3 Å². The monoisotopic (exact) mass is 398 g/mol. The second-order valence-corrected chi connectivity index (χ2v) is 6.78. The van der Waals surface area contributed by atoms with E-state index < -0.39 is 0 Å². The average Bonchev–Trinajstić information content (AvgIpc) is 3.19. The molecule has 1 aromatic heterocycles. The lowest BCUT2D eigenvalue weighted by atomic mass is 10.2. The van der Waals surface area contributed by atoms with Crippen LogP contribution in [0.5, 0.6) is 17.2 Å². The van der Waals surface area contributed by atoms with Gasteiger partial charge in [0.2, 0.25) is 0 Å². The highest BCUT2D eigenvalue weighted by Crippen LogP contribution is 2.26. The van der Waals surface area contributed by atoms with Crippen molar-refractivity contribution in [1.82, 2.24) is 4.98 Å². The van der Waals surface area contributed by atoms with Gasteiger partial charge in [-0.2, -0.15) is 0 Å². The normalized spacial score (nSPS) is 10.4. The number of benzene rings is 2. The number of hydrogen-bond acceptors (Lipinski definition) is 6. The number of thiazole rings is 1. The Morgan fingerprint density at radius 2 is 1.86 bits per heavy atom. The van der Waals surface area contributed by atoms with Gasteiger partial charge in [0.1, 0.15) is 17.2 Å². The molecule has 2 aromatic carbocycles. The van der Waals surface area contributed by atoms with Gasteiger partial charge in [-0.25, -0.2) is 4.98 Å². The van der Waals surface area contributed by atoms with E-state index in [0.29, 0.717) is 23.2 Å². The summed E-state index contributed by atoms with van der Waals surface area (Å²) in [5.41, 5.74) is 1.77. The molecular formula is C21H22N2O4S. The first-order valence-electron chi connectivity index (χ1n) is 8.93. The van der Waals surface area contributed by atoms with Crippen molar-refractivity contribution in [2.24, 2.45) is 0 Å². The molecule has 1 N–H and O–H groups in total. The van der Waals surface area contributed by atoms with E-state index in [1.54, 1.807) is 25.3 Å². The SMILES string of the molecule is CCCOc1ccc(-c2csc(NC(=O)COc3cccc(OC)c3)n2)cc1. The van der Waals surface area contributed by atoms with Crippen molar-refractivity contribution < 1.29 is 19.0 Å². The molecule has 0 atom stereocenters. The van der Waals surface area contributed by atoms with E-state index in [1.807, 2.05) is 35.7 Å². The lowest BCUT2D eigenvalue weighted by Crippen LogP contribution is -2.20. The summed E-state index contributed by atoms with van der Waals surface area (Å²) in [6.07, 6.45) is 0.971. The molecule has 1 amide bonds. The Morgan fingerprint density at radius 3 is 2.61 bits per heavy atom. The van der Waals surface area contributed by atoms with E-state index >= 15 is 0 Å². The van der Waals surface area contributed by atoms with Gasteiger partial charge < -0.3 is 14.2 Å². The molecule has 0 saturated carbocycles. The van der Waals surface area contributed by atoms with Crippen molar-refractivity contribution in [2.45, 2.75) is 13.3 Å². The van der Waals surface area contributed by atoms with Crippen LogP contribution < -0.4 is 19.5 Å². The van der Waals surface area contributed by atoms with Gasteiger partial charge in [0.05, 0.1) is 19.4 Å². The van der Waals surface area contributed by atoms with Crippen LogP contribution in [0.25, 0.3) is 11.3 Å². The minimum atomic E-state index is -0.271. The summed E-state index contributed by atoms with van der Waals surface area (Å²) in [4.78, 5) is 16.6. The van der Waals surface area contributed by atoms with Gasteiger partial charge in [-0.05, 0) is 42.8 Å². The van der Waals surface area contributed by atoms with Crippen LogP contribution >= 0.6 is 11.3 Å². The van der Waals surface area contributed by atoms with Crippen LogP contribution in [-0.2, 0) is 4.79 Å². The first-order valence-corrected chi connectivity index (χ1v) is 9.81. The molecule has 0 aliphatic rings. The predicted molar refractivity (Wildman–Crippen MR) is 110 cm³/mol. The highest BCUT2D eigenvalue weighted by Gasteiger charge is 2.09. The highest BCUT2D eigenvalue weighted by molar-refractivity contribution is 7.14. The van der Waals surface area contributed by atoms with Crippen molar-refractivity contribution in [2.75, 3.05) is 25.6 Å². The smallest absolute Gasteiger partial charge is 0.264 e. The van der Waals surface area contributed by atoms with Gasteiger partial charge in [0.25, 0.3) is 5.91 Å². The zero-order chi connectivity index (χ0) is 19.8. The third-order valence-electron chi connectivity index (χ3n) is 3.78. The Balaban J connectivity index is 1.54. The van der Waals surface area contributed by atoms with E-state index in [9.17, 15) is 4.79 Å². The molecular weight excluding hydrogens is 376 g/mol. The van der Waals surface area contributed by atoms with E-state index in [0.717, 1.165) is 23.4 Å². The number of hydrogen-bond donors (Lipinski definition) is 1. The second-order valence-electron chi connectivity index (χ2n) is 5.93. The van der Waals surface area contributed by atoms with Gasteiger partial charge in [0.15, 0.2) is 11.7 Å². The number of ether oxygens (including phenoxy) is 3. The quantitative estimate of drug-likeness (QED) is 0.569. The van der Waals surface area contributed by atoms with Gasteiger partial charge in [-0.1, -0.05) is 13.0 Å². The summed E-state index contributed by atoms with van der Waals surface area (Å²) in [5, 5.41) is 5.19. The Bertz CT molecular complexity index is 909. The molecule has 146 valence electrons. The van der Waals surface area contributed by atoms with E-state index in [4.69, 9.17) is 14.2 Å². The number of aromatic nitrogens is 1. The summed E-state index contributed by atoms with van der Waals surface area (Å²) >= 11 is 1.37. The Morgan fingerprint density at radius 1 is 1.07 bits per heavy atom. The molecule has 0 aliphatic carbocycles. The van der Waals surface area contributed by atoms with Crippen LogP contribution in [0.2, 0.25) is 0 Å². The largest absolute Gasteiger partial charge is 0.497 e. The van der Waals surface area contributed by atoms with Gasteiger partial charge in [0, 0.05) is 17.0 Å². The molecule has 0 unspecified atom stereocenters. The molecule has 7 heteroatoms. The number of rotatable bonds is 9. The van der Waals surface area contributed by atoms with Crippen molar-refractivity contribution >= 4 is 22.4 Å². The molecule has 0 saturated heterocycles. The zero-order valence-corrected chi connectivity index (χ0v) is 16.6. The number of carbonyl (C=O) groups excluding carboxylic acids is 1. The van der Waals surface area contributed by atoms with E-state index in [-0.39, 0.29) is 12.5 Å². The molecule has 28 heavy (non-hydrogen) atoms. The molecule has 0 spiro atoms. The summed E-state index contributed by atoms with van der Waals surface area (Å²) in [5.74, 6) is 1.81. The summed E-state index contributed by atoms with van der Waals surface area (Å²) in [6, 6.07) is 14.9. The minimum absolute atomic E-state index is 0.106. The molecule has 3 aromatic rings. The maximum Gasteiger partial charge on any atom is 0.264 e. The summed E-state index contributed by atoms with van der Waals surface area (Å²) < 4.78 is 16.2. The maximum absolute atomic E-state index is 12.1.